The molecule has 0 heterocycles. The van der Waals surface area contributed by atoms with Gasteiger partial charge in [0.25, 0.3) is 0 Å². The zero-order valence-corrected chi connectivity index (χ0v) is 8.41. The van der Waals surface area contributed by atoms with Gasteiger partial charge in [-0.15, -0.1) is 0 Å². The Morgan fingerprint density at radius 2 is 1.86 bits per heavy atom. The van der Waals surface area contributed by atoms with Crippen molar-refractivity contribution in [3.8, 4) is 0 Å². The van der Waals surface area contributed by atoms with Gasteiger partial charge < -0.3 is 0 Å². The molecule has 0 amide bonds. The van der Waals surface area contributed by atoms with Crippen LogP contribution in [0.3, 0.4) is 0 Å². The summed E-state index contributed by atoms with van der Waals surface area (Å²) in [6.45, 7) is 1.81. The monoisotopic (exact) mass is 222 g/mol. The fourth-order valence-electron chi connectivity index (χ4n) is 1.31. The van der Waals surface area contributed by atoms with Gasteiger partial charge in [0.2, 0.25) is 0 Å². The lowest BCUT2D eigenvalue weighted by Gasteiger charge is -2.10. The summed E-state index contributed by atoms with van der Waals surface area (Å²) < 4.78 is 36.4. The van der Waals surface area contributed by atoms with E-state index in [0.717, 1.165) is 0 Å². The molecule has 0 unspecified atom stereocenters. The van der Waals surface area contributed by atoms with Gasteiger partial charge in [-0.1, -0.05) is 24.6 Å². The molecule has 0 bridgehead atoms. The predicted octanol–water partition coefficient (Wildman–Crippen LogP) is 4.01. The Morgan fingerprint density at radius 1 is 1.21 bits per heavy atom. The van der Waals surface area contributed by atoms with Crippen LogP contribution in [0.25, 0.3) is 0 Å². The minimum atomic E-state index is -4.16. The summed E-state index contributed by atoms with van der Waals surface area (Å²) in [5.74, 6) is 0. The van der Waals surface area contributed by atoms with Gasteiger partial charge >= 0.3 is 6.18 Å². The number of hydrogen-bond donors (Lipinski definition) is 0. The summed E-state index contributed by atoms with van der Waals surface area (Å²) >= 11 is 5.69. The van der Waals surface area contributed by atoms with Crippen LogP contribution in [-0.4, -0.2) is 6.18 Å². The minimum absolute atomic E-state index is 0.310. The van der Waals surface area contributed by atoms with Crippen molar-refractivity contribution < 1.29 is 13.2 Å². The molecule has 0 fully saturated rings. The van der Waals surface area contributed by atoms with Crippen molar-refractivity contribution in [1.82, 2.24) is 0 Å². The van der Waals surface area contributed by atoms with Crippen LogP contribution in [0.1, 0.15) is 18.1 Å². The van der Waals surface area contributed by atoms with Gasteiger partial charge in [-0.2, -0.15) is 13.2 Å². The van der Waals surface area contributed by atoms with Gasteiger partial charge in [0.1, 0.15) is 0 Å². The smallest absolute Gasteiger partial charge is 0.171 e. The molecular formula is C10H10ClF3. The highest BCUT2D eigenvalue weighted by atomic mass is 35.5. The van der Waals surface area contributed by atoms with Crippen LogP contribution < -0.4 is 0 Å². The fourth-order valence-corrected chi connectivity index (χ4v) is 1.51. The van der Waals surface area contributed by atoms with E-state index in [9.17, 15) is 13.2 Å². The van der Waals surface area contributed by atoms with Crippen LogP contribution in [0.5, 0.6) is 0 Å². The van der Waals surface area contributed by atoms with Gasteiger partial charge in [-0.3, -0.25) is 0 Å². The van der Waals surface area contributed by atoms with Crippen LogP contribution in [0, 0.1) is 0 Å². The third kappa shape index (κ3) is 3.22. The van der Waals surface area contributed by atoms with Crippen LogP contribution in [-0.2, 0) is 12.8 Å². The Bertz CT molecular complexity index is 318. The van der Waals surface area contributed by atoms with Crippen molar-refractivity contribution in [2.24, 2.45) is 0 Å². The summed E-state index contributed by atoms with van der Waals surface area (Å²) in [6.07, 6.45) is -4.48. The van der Waals surface area contributed by atoms with Crippen LogP contribution in [0.15, 0.2) is 18.2 Å². The average Bonchev–Trinajstić information content (AvgIpc) is 2.06. The van der Waals surface area contributed by atoms with Crippen LogP contribution in [0.2, 0.25) is 5.02 Å². The molecule has 0 atom stereocenters. The van der Waals surface area contributed by atoms with E-state index in [1.165, 1.54) is 12.1 Å². The molecule has 14 heavy (non-hydrogen) atoms. The highest BCUT2D eigenvalue weighted by molar-refractivity contribution is 6.30. The van der Waals surface area contributed by atoms with Crippen LogP contribution >= 0.6 is 11.6 Å². The Hall–Kier alpha value is -0.700. The molecule has 0 saturated heterocycles. The van der Waals surface area contributed by atoms with Crippen molar-refractivity contribution in [2.45, 2.75) is 25.9 Å². The van der Waals surface area contributed by atoms with E-state index < -0.39 is 12.6 Å². The molecule has 0 aliphatic heterocycles. The summed E-state index contributed by atoms with van der Waals surface area (Å²) in [5, 5.41) is 0.479. The first kappa shape index (κ1) is 11.4. The SMILES string of the molecule is CCc1cc(Cl)ccc1CC(F)(F)F. The van der Waals surface area contributed by atoms with E-state index in [2.05, 4.69) is 0 Å². The highest BCUT2D eigenvalue weighted by Gasteiger charge is 2.28. The third-order valence-electron chi connectivity index (χ3n) is 1.94. The van der Waals surface area contributed by atoms with E-state index in [1.54, 1.807) is 6.07 Å². The topological polar surface area (TPSA) is 0 Å². The van der Waals surface area contributed by atoms with Crippen molar-refractivity contribution in [3.63, 3.8) is 0 Å². The molecule has 1 rings (SSSR count). The number of benzene rings is 1. The molecule has 0 radical (unpaired) electrons. The van der Waals surface area contributed by atoms with E-state index >= 15 is 0 Å². The third-order valence-corrected chi connectivity index (χ3v) is 2.18. The quantitative estimate of drug-likeness (QED) is 0.709. The molecule has 1 aromatic carbocycles. The number of alkyl halides is 3. The predicted molar refractivity (Wildman–Crippen MR) is 50.6 cm³/mol. The standard InChI is InChI=1S/C10H10ClF3/c1-2-7-5-9(11)4-3-8(7)6-10(12,13)14/h3-5H,2,6H2,1H3. The van der Waals surface area contributed by atoms with Crippen molar-refractivity contribution in [1.29, 1.82) is 0 Å². The van der Waals surface area contributed by atoms with Crippen molar-refractivity contribution in [2.75, 3.05) is 0 Å². The number of aryl methyl sites for hydroxylation is 1. The summed E-state index contributed by atoms with van der Waals surface area (Å²) in [4.78, 5) is 0. The van der Waals surface area contributed by atoms with Gasteiger partial charge in [0.15, 0.2) is 0 Å². The average molecular weight is 223 g/mol. The van der Waals surface area contributed by atoms with Gasteiger partial charge in [-0.05, 0) is 29.7 Å². The normalized spacial score (nSPS) is 11.8. The lowest BCUT2D eigenvalue weighted by molar-refractivity contribution is -0.127. The summed E-state index contributed by atoms with van der Waals surface area (Å²) in [6, 6.07) is 4.51. The van der Waals surface area contributed by atoms with Gasteiger partial charge in [0, 0.05) is 5.02 Å². The Labute approximate surface area is 85.7 Å². The molecule has 0 aromatic heterocycles. The maximum absolute atomic E-state index is 12.1. The molecule has 0 N–H and O–H groups in total. The van der Waals surface area contributed by atoms with Gasteiger partial charge in [-0.25, -0.2) is 0 Å². The Balaban J connectivity index is 2.97. The lowest BCUT2D eigenvalue weighted by Crippen LogP contribution is -2.12. The van der Waals surface area contributed by atoms with E-state index in [-0.39, 0.29) is 0 Å². The second-order valence-electron chi connectivity index (χ2n) is 3.06. The highest BCUT2D eigenvalue weighted by Crippen LogP contribution is 2.25. The van der Waals surface area contributed by atoms with Crippen molar-refractivity contribution >= 4 is 11.6 Å². The first-order valence-electron chi connectivity index (χ1n) is 4.26. The number of rotatable bonds is 2. The molecule has 0 spiro atoms. The van der Waals surface area contributed by atoms with E-state index in [1.807, 2.05) is 6.92 Å². The first-order chi connectivity index (χ1) is 6.42. The molecule has 78 valence electrons. The molecule has 0 aliphatic rings. The first-order valence-corrected chi connectivity index (χ1v) is 4.64. The van der Waals surface area contributed by atoms with Crippen LogP contribution in [0.4, 0.5) is 13.2 Å². The van der Waals surface area contributed by atoms with Gasteiger partial charge in [0.05, 0.1) is 6.42 Å². The molecule has 0 nitrogen and oxygen atoms in total. The van der Waals surface area contributed by atoms with E-state index in [4.69, 9.17) is 11.6 Å². The molecule has 1 aromatic rings. The second kappa shape index (κ2) is 4.22. The lowest BCUT2D eigenvalue weighted by atomic mass is 10.0. The van der Waals surface area contributed by atoms with Crippen molar-refractivity contribution in [3.05, 3.63) is 34.3 Å². The zero-order chi connectivity index (χ0) is 10.8. The minimum Gasteiger partial charge on any atom is -0.171 e. The largest absolute Gasteiger partial charge is 0.393 e. The number of hydrogen-bond acceptors (Lipinski definition) is 0. The van der Waals surface area contributed by atoms with E-state index in [0.29, 0.717) is 22.6 Å². The number of halogens is 4. The molecule has 0 saturated carbocycles. The summed E-state index contributed by atoms with van der Waals surface area (Å²) in [7, 11) is 0. The Kier molecular flexibility index (Phi) is 3.43. The molecular weight excluding hydrogens is 213 g/mol. The Morgan fingerprint density at radius 3 is 2.36 bits per heavy atom. The molecule has 0 aliphatic carbocycles. The maximum atomic E-state index is 12.1. The summed E-state index contributed by atoms with van der Waals surface area (Å²) in [5.41, 5.74) is 0.972. The molecule has 4 heteroatoms. The fraction of sp³-hybridized carbons (Fsp3) is 0.400. The maximum Gasteiger partial charge on any atom is 0.393 e. The zero-order valence-electron chi connectivity index (χ0n) is 7.66. The second-order valence-corrected chi connectivity index (χ2v) is 3.49.